The maximum Gasteiger partial charge on any atom is 0.220 e. The Morgan fingerprint density at radius 2 is 2.00 bits per heavy atom. The molecule has 2 N–H and O–H groups in total. The van der Waals surface area contributed by atoms with Crippen molar-refractivity contribution in [2.45, 2.75) is 62.3 Å². The first-order chi connectivity index (χ1) is 8.88. The number of nitrogens with one attached hydrogen (secondary N) is 1. The van der Waals surface area contributed by atoms with Crippen molar-refractivity contribution in [1.82, 2.24) is 5.32 Å². The van der Waals surface area contributed by atoms with Gasteiger partial charge in [0.2, 0.25) is 5.91 Å². The molecule has 0 aromatic carbocycles. The van der Waals surface area contributed by atoms with E-state index >= 15 is 0 Å². The van der Waals surface area contributed by atoms with Crippen LogP contribution in [-0.2, 0) is 4.79 Å². The number of aliphatic hydroxyl groups is 1. The van der Waals surface area contributed by atoms with Gasteiger partial charge in [-0.2, -0.15) is 0 Å². The first-order valence-electron chi connectivity index (χ1n) is 7.52. The summed E-state index contributed by atoms with van der Waals surface area (Å²) in [7, 11) is 0. The molecule has 4 bridgehead atoms. The fourth-order valence-electron chi connectivity index (χ4n) is 5.21. The van der Waals surface area contributed by atoms with E-state index in [-0.39, 0.29) is 11.3 Å². The highest BCUT2D eigenvalue weighted by atomic mass is 79.9. The van der Waals surface area contributed by atoms with E-state index in [2.05, 4.69) is 21.2 Å². The van der Waals surface area contributed by atoms with Crippen molar-refractivity contribution in [3.05, 3.63) is 0 Å². The molecule has 108 valence electrons. The normalized spacial score (nSPS) is 45.2. The van der Waals surface area contributed by atoms with Gasteiger partial charge in [-0.15, -0.1) is 0 Å². The van der Waals surface area contributed by atoms with Crippen LogP contribution in [0.3, 0.4) is 0 Å². The maximum absolute atomic E-state index is 12.1. The highest BCUT2D eigenvalue weighted by molar-refractivity contribution is 9.10. The van der Waals surface area contributed by atoms with Crippen LogP contribution in [-0.4, -0.2) is 28.0 Å². The molecular weight excluding hydrogens is 306 g/mol. The molecule has 3 nitrogen and oxygen atoms in total. The van der Waals surface area contributed by atoms with Gasteiger partial charge >= 0.3 is 0 Å². The Kier molecular flexibility index (Phi) is 3.45. The largest absolute Gasteiger partial charge is 0.392 e. The smallest absolute Gasteiger partial charge is 0.220 e. The van der Waals surface area contributed by atoms with Gasteiger partial charge in [0, 0.05) is 17.3 Å². The summed E-state index contributed by atoms with van der Waals surface area (Å²) in [5.74, 6) is 1.77. The van der Waals surface area contributed by atoms with Gasteiger partial charge in [-0.3, -0.25) is 4.79 Å². The first kappa shape index (κ1) is 13.9. The van der Waals surface area contributed by atoms with E-state index in [0.29, 0.717) is 17.3 Å². The molecule has 4 heteroatoms. The molecule has 3 atom stereocenters. The van der Waals surface area contributed by atoms with Crippen LogP contribution in [0.5, 0.6) is 0 Å². The van der Waals surface area contributed by atoms with Crippen LogP contribution < -0.4 is 5.32 Å². The van der Waals surface area contributed by atoms with Crippen LogP contribution in [0.1, 0.15) is 51.9 Å². The Bertz CT molecular complexity index is 368. The van der Waals surface area contributed by atoms with Crippen molar-refractivity contribution >= 4 is 21.8 Å². The van der Waals surface area contributed by atoms with Crippen molar-refractivity contribution < 1.29 is 9.90 Å². The molecule has 19 heavy (non-hydrogen) atoms. The fourth-order valence-corrected chi connectivity index (χ4v) is 6.72. The van der Waals surface area contributed by atoms with Gasteiger partial charge in [-0.25, -0.2) is 0 Å². The molecule has 0 aromatic rings. The molecule has 0 spiro atoms. The highest BCUT2D eigenvalue weighted by Crippen LogP contribution is 2.65. The van der Waals surface area contributed by atoms with Crippen molar-refractivity contribution in [3.8, 4) is 0 Å². The second-order valence-corrected chi connectivity index (χ2v) is 9.12. The molecule has 4 fully saturated rings. The number of amides is 1. The summed E-state index contributed by atoms with van der Waals surface area (Å²) in [6.45, 7) is 2.08. The van der Waals surface area contributed by atoms with Crippen molar-refractivity contribution in [1.29, 1.82) is 0 Å². The summed E-state index contributed by atoms with van der Waals surface area (Å²) in [6, 6.07) is 0. The summed E-state index contributed by atoms with van der Waals surface area (Å²) in [4.78, 5) is 12.1. The van der Waals surface area contributed by atoms with E-state index in [0.717, 1.165) is 18.3 Å². The average Bonchev–Trinajstić information content (AvgIpc) is 2.21. The van der Waals surface area contributed by atoms with E-state index < -0.39 is 6.10 Å². The zero-order valence-electron chi connectivity index (χ0n) is 11.6. The molecule has 0 saturated heterocycles. The Labute approximate surface area is 123 Å². The standard InChI is InChI=1S/C15H24BrNO2/c1-10(18)8-17-13(19)7-14-3-11-2-12(4-14)6-15(16,5-11)9-14/h10-12,18H,2-9H2,1H3,(H,17,19)/t10-,11+,12+,14?,15?/m0/s1. The quantitative estimate of drug-likeness (QED) is 0.779. The van der Waals surface area contributed by atoms with E-state index in [1.807, 2.05) is 0 Å². The Morgan fingerprint density at radius 3 is 2.53 bits per heavy atom. The third-order valence-corrected chi connectivity index (χ3v) is 6.17. The highest BCUT2D eigenvalue weighted by Gasteiger charge is 2.57. The predicted molar refractivity (Wildman–Crippen MR) is 78.1 cm³/mol. The van der Waals surface area contributed by atoms with Gasteiger partial charge in [0.05, 0.1) is 6.10 Å². The number of alkyl halides is 1. The molecule has 4 rings (SSSR count). The lowest BCUT2D eigenvalue weighted by Gasteiger charge is -2.60. The van der Waals surface area contributed by atoms with Gasteiger partial charge in [-0.1, -0.05) is 15.9 Å². The Morgan fingerprint density at radius 1 is 1.37 bits per heavy atom. The van der Waals surface area contributed by atoms with E-state index in [9.17, 15) is 9.90 Å². The number of hydrogen-bond donors (Lipinski definition) is 2. The predicted octanol–water partition coefficient (Wildman–Crippen LogP) is 2.61. The molecule has 0 aromatic heterocycles. The molecule has 0 aliphatic heterocycles. The topological polar surface area (TPSA) is 49.3 Å². The molecule has 0 radical (unpaired) electrons. The summed E-state index contributed by atoms with van der Waals surface area (Å²) in [5.41, 5.74) is 0.233. The summed E-state index contributed by atoms with van der Waals surface area (Å²) in [6.07, 6.45) is 7.82. The average molecular weight is 330 g/mol. The monoisotopic (exact) mass is 329 g/mol. The Balaban J connectivity index is 1.65. The molecule has 4 aliphatic carbocycles. The number of carbonyl (C=O) groups is 1. The Hall–Kier alpha value is -0.0900. The number of hydrogen-bond acceptors (Lipinski definition) is 2. The number of aliphatic hydroxyl groups excluding tert-OH is 1. The molecule has 4 saturated carbocycles. The minimum Gasteiger partial charge on any atom is -0.392 e. The van der Waals surface area contributed by atoms with E-state index in [4.69, 9.17) is 0 Å². The second-order valence-electron chi connectivity index (χ2n) is 7.44. The minimum atomic E-state index is -0.456. The zero-order valence-corrected chi connectivity index (χ0v) is 13.2. The third-order valence-electron chi connectivity index (χ3n) is 5.24. The van der Waals surface area contributed by atoms with Crippen LogP contribution in [0.25, 0.3) is 0 Å². The van der Waals surface area contributed by atoms with Crippen molar-refractivity contribution in [2.75, 3.05) is 6.54 Å². The van der Waals surface area contributed by atoms with Gasteiger partial charge < -0.3 is 10.4 Å². The molecule has 0 unspecified atom stereocenters. The van der Waals surface area contributed by atoms with Crippen LogP contribution in [0, 0.1) is 17.3 Å². The lowest BCUT2D eigenvalue weighted by Crippen LogP contribution is -2.54. The van der Waals surface area contributed by atoms with Crippen molar-refractivity contribution in [3.63, 3.8) is 0 Å². The maximum atomic E-state index is 12.1. The van der Waals surface area contributed by atoms with Crippen LogP contribution in [0.15, 0.2) is 0 Å². The van der Waals surface area contributed by atoms with Crippen LogP contribution >= 0.6 is 15.9 Å². The minimum absolute atomic E-state index is 0.124. The zero-order chi connectivity index (χ0) is 13.7. The number of carbonyl (C=O) groups excluding carboxylic acids is 1. The lowest BCUT2D eigenvalue weighted by atomic mass is 9.48. The summed E-state index contributed by atoms with van der Waals surface area (Å²) in [5, 5.41) is 12.1. The second kappa shape index (κ2) is 4.73. The molecule has 1 amide bonds. The molecule has 0 heterocycles. The van der Waals surface area contributed by atoms with Gasteiger partial charge in [0.1, 0.15) is 0 Å². The molecular formula is C15H24BrNO2. The third kappa shape index (κ3) is 2.85. The van der Waals surface area contributed by atoms with Crippen LogP contribution in [0.4, 0.5) is 0 Å². The number of halogens is 1. The van der Waals surface area contributed by atoms with E-state index in [1.54, 1.807) is 6.92 Å². The van der Waals surface area contributed by atoms with Gasteiger partial charge in [-0.05, 0) is 62.7 Å². The fraction of sp³-hybridized carbons (Fsp3) is 0.933. The van der Waals surface area contributed by atoms with Crippen LogP contribution in [0.2, 0.25) is 0 Å². The summed E-state index contributed by atoms with van der Waals surface area (Å²) >= 11 is 3.97. The van der Waals surface area contributed by atoms with Gasteiger partial charge in [0.15, 0.2) is 0 Å². The number of rotatable bonds is 4. The lowest BCUT2D eigenvalue weighted by molar-refractivity contribution is -0.128. The van der Waals surface area contributed by atoms with Crippen molar-refractivity contribution in [2.24, 2.45) is 17.3 Å². The SMILES string of the molecule is C[C@H](O)CNC(=O)CC12C[C@H]3C[C@@H](CC(Br)(C3)C1)C2. The van der Waals surface area contributed by atoms with E-state index in [1.165, 1.54) is 32.1 Å². The molecule has 4 aliphatic rings. The summed E-state index contributed by atoms with van der Waals surface area (Å²) < 4.78 is 0.321. The van der Waals surface area contributed by atoms with Gasteiger partial charge in [0.25, 0.3) is 0 Å². The first-order valence-corrected chi connectivity index (χ1v) is 8.31.